The molecule has 3 heteroatoms. The largest absolute Gasteiger partial charge is 0.360 e. The Hall–Kier alpha value is -2.42. The molecule has 0 bridgehead atoms. The van der Waals surface area contributed by atoms with Crippen molar-refractivity contribution < 1.29 is 4.79 Å². The quantitative estimate of drug-likeness (QED) is 0.677. The molecule has 17 heavy (non-hydrogen) atoms. The van der Waals surface area contributed by atoms with Crippen molar-refractivity contribution in [3.63, 3.8) is 0 Å². The molecule has 3 rings (SSSR count). The SMILES string of the molecule is O=C(c1ccccc1)c1c[nH]c2ccncc12. The lowest BCUT2D eigenvalue weighted by atomic mass is 10.0. The molecular formula is C14H10N2O. The molecule has 0 spiro atoms. The molecule has 0 radical (unpaired) electrons. The van der Waals surface area contributed by atoms with Crippen LogP contribution in [0.3, 0.4) is 0 Å². The minimum absolute atomic E-state index is 0.0184. The molecule has 1 aromatic carbocycles. The van der Waals surface area contributed by atoms with Crippen LogP contribution in [-0.4, -0.2) is 15.8 Å². The number of ketones is 1. The van der Waals surface area contributed by atoms with Crippen molar-refractivity contribution in [1.29, 1.82) is 0 Å². The summed E-state index contributed by atoms with van der Waals surface area (Å²) in [7, 11) is 0. The topological polar surface area (TPSA) is 45.8 Å². The summed E-state index contributed by atoms with van der Waals surface area (Å²) in [4.78, 5) is 19.4. The minimum atomic E-state index is 0.0184. The van der Waals surface area contributed by atoms with Crippen LogP contribution in [0.2, 0.25) is 0 Å². The highest BCUT2D eigenvalue weighted by Gasteiger charge is 2.13. The van der Waals surface area contributed by atoms with Crippen LogP contribution >= 0.6 is 0 Å². The first-order valence-corrected chi connectivity index (χ1v) is 5.37. The van der Waals surface area contributed by atoms with Gasteiger partial charge in [0.25, 0.3) is 0 Å². The zero-order valence-corrected chi connectivity index (χ0v) is 9.05. The summed E-state index contributed by atoms with van der Waals surface area (Å²) in [5, 5.41) is 0.862. The van der Waals surface area contributed by atoms with Crippen molar-refractivity contribution >= 4 is 16.7 Å². The Morgan fingerprint density at radius 3 is 2.76 bits per heavy atom. The Morgan fingerprint density at radius 1 is 1.12 bits per heavy atom. The van der Waals surface area contributed by atoms with Gasteiger partial charge in [-0.1, -0.05) is 30.3 Å². The molecule has 2 heterocycles. The standard InChI is InChI=1S/C14H10N2O/c17-14(10-4-2-1-3-5-10)12-9-16-13-6-7-15-8-11(12)13/h1-9,16H. The highest BCUT2D eigenvalue weighted by atomic mass is 16.1. The number of carbonyl (C=O) groups is 1. The van der Waals surface area contributed by atoms with Crippen LogP contribution < -0.4 is 0 Å². The molecule has 0 atom stereocenters. The first-order chi connectivity index (χ1) is 8.36. The molecule has 3 nitrogen and oxygen atoms in total. The molecule has 82 valence electrons. The lowest BCUT2D eigenvalue weighted by Gasteiger charge is -1.98. The number of rotatable bonds is 2. The second kappa shape index (κ2) is 3.87. The lowest BCUT2D eigenvalue weighted by molar-refractivity contribution is 0.104. The Labute approximate surface area is 98.1 Å². The third kappa shape index (κ3) is 1.61. The van der Waals surface area contributed by atoms with Crippen LogP contribution in [0.5, 0.6) is 0 Å². The smallest absolute Gasteiger partial charge is 0.195 e. The number of hydrogen-bond donors (Lipinski definition) is 1. The van der Waals surface area contributed by atoms with Crippen molar-refractivity contribution in [3.05, 3.63) is 66.1 Å². The molecule has 0 unspecified atom stereocenters. The second-order valence-corrected chi connectivity index (χ2v) is 3.82. The minimum Gasteiger partial charge on any atom is -0.360 e. The molecule has 0 saturated heterocycles. The van der Waals surface area contributed by atoms with E-state index in [9.17, 15) is 4.79 Å². The van der Waals surface area contributed by atoms with Crippen molar-refractivity contribution in [1.82, 2.24) is 9.97 Å². The van der Waals surface area contributed by atoms with E-state index in [-0.39, 0.29) is 5.78 Å². The van der Waals surface area contributed by atoms with Gasteiger partial charge in [0.1, 0.15) is 0 Å². The van der Waals surface area contributed by atoms with E-state index in [0.29, 0.717) is 11.1 Å². The number of aromatic amines is 1. The first kappa shape index (κ1) is 9.78. The molecule has 0 aliphatic carbocycles. The predicted molar refractivity (Wildman–Crippen MR) is 66.0 cm³/mol. The molecule has 0 fully saturated rings. The summed E-state index contributed by atoms with van der Waals surface area (Å²) in [5.41, 5.74) is 2.29. The van der Waals surface area contributed by atoms with Crippen molar-refractivity contribution in [2.24, 2.45) is 0 Å². The highest BCUT2D eigenvalue weighted by Crippen LogP contribution is 2.19. The zero-order valence-electron chi connectivity index (χ0n) is 9.05. The van der Waals surface area contributed by atoms with Gasteiger partial charge in [-0.3, -0.25) is 9.78 Å². The number of pyridine rings is 1. The summed E-state index contributed by atoms with van der Waals surface area (Å²) in [6.45, 7) is 0. The van der Waals surface area contributed by atoms with E-state index in [0.717, 1.165) is 10.9 Å². The molecule has 3 aromatic rings. The van der Waals surface area contributed by atoms with Gasteiger partial charge in [0.2, 0.25) is 0 Å². The zero-order chi connectivity index (χ0) is 11.7. The highest BCUT2D eigenvalue weighted by molar-refractivity contribution is 6.16. The fourth-order valence-corrected chi connectivity index (χ4v) is 1.90. The Bertz CT molecular complexity index is 671. The van der Waals surface area contributed by atoms with Gasteiger partial charge in [-0.2, -0.15) is 0 Å². The number of nitrogens with zero attached hydrogens (tertiary/aromatic N) is 1. The van der Waals surface area contributed by atoms with E-state index in [1.807, 2.05) is 36.4 Å². The Morgan fingerprint density at radius 2 is 1.94 bits per heavy atom. The summed E-state index contributed by atoms with van der Waals surface area (Å²) in [6.07, 6.45) is 5.15. The maximum Gasteiger partial charge on any atom is 0.195 e. The van der Waals surface area contributed by atoms with Crippen LogP contribution in [-0.2, 0) is 0 Å². The first-order valence-electron chi connectivity index (χ1n) is 5.37. The average Bonchev–Trinajstić information content (AvgIpc) is 2.83. The Kier molecular flexibility index (Phi) is 2.22. The van der Waals surface area contributed by atoms with E-state index in [1.54, 1.807) is 18.6 Å². The van der Waals surface area contributed by atoms with Gasteiger partial charge in [-0.15, -0.1) is 0 Å². The fraction of sp³-hybridized carbons (Fsp3) is 0. The van der Waals surface area contributed by atoms with Crippen LogP contribution in [0.25, 0.3) is 10.9 Å². The predicted octanol–water partition coefficient (Wildman–Crippen LogP) is 2.79. The van der Waals surface area contributed by atoms with Crippen molar-refractivity contribution in [2.75, 3.05) is 0 Å². The van der Waals surface area contributed by atoms with Crippen LogP contribution in [0.15, 0.2) is 55.0 Å². The van der Waals surface area contributed by atoms with Gasteiger partial charge in [-0.25, -0.2) is 0 Å². The number of nitrogens with one attached hydrogen (secondary N) is 1. The summed E-state index contributed by atoms with van der Waals surface area (Å²) < 4.78 is 0. The molecule has 2 aromatic heterocycles. The molecule has 0 saturated carbocycles. The van der Waals surface area contributed by atoms with Gasteiger partial charge in [0.05, 0.1) is 0 Å². The van der Waals surface area contributed by atoms with E-state index < -0.39 is 0 Å². The summed E-state index contributed by atoms with van der Waals surface area (Å²) in [5.74, 6) is 0.0184. The van der Waals surface area contributed by atoms with E-state index in [1.165, 1.54) is 0 Å². The van der Waals surface area contributed by atoms with E-state index in [4.69, 9.17) is 0 Å². The van der Waals surface area contributed by atoms with Crippen molar-refractivity contribution in [2.45, 2.75) is 0 Å². The molecule has 0 amide bonds. The maximum atomic E-state index is 12.3. The molecule has 1 N–H and O–H groups in total. The molecule has 0 aliphatic heterocycles. The monoisotopic (exact) mass is 222 g/mol. The van der Waals surface area contributed by atoms with Crippen molar-refractivity contribution in [3.8, 4) is 0 Å². The van der Waals surface area contributed by atoms with Crippen LogP contribution in [0.4, 0.5) is 0 Å². The molecular weight excluding hydrogens is 212 g/mol. The Balaban J connectivity index is 2.14. The average molecular weight is 222 g/mol. The van der Waals surface area contributed by atoms with E-state index in [2.05, 4.69) is 9.97 Å². The number of benzene rings is 1. The third-order valence-corrected chi connectivity index (χ3v) is 2.76. The third-order valence-electron chi connectivity index (χ3n) is 2.76. The number of H-pyrrole nitrogens is 1. The number of fused-ring (bicyclic) bond motifs is 1. The van der Waals surface area contributed by atoms with Crippen LogP contribution in [0.1, 0.15) is 15.9 Å². The van der Waals surface area contributed by atoms with Gasteiger partial charge in [-0.05, 0) is 6.07 Å². The number of carbonyl (C=O) groups excluding carboxylic acids is 1. The molecule has 0 aliphatic rings. The van der Waals surface area contributed by atoms with Gasteiger partial charge < -0.3 is 4.98 Å². The number of hydrogen-bond acceptors (Lipinski definition) is 2. The summed E-state index contributed by atoms with van der Waals surface area (Å²) in [6, 6.07) is 11.1. The van der Waals surface area contributed by atoms with Crippen LogP contribution in [0, 0.1) is 0 Å². The van der Waals surface area contributed by atoms with Gasteiger partial charge >= 0.3 is 0 Å². The second-order valence-electron chi connectivity index (χ2n) is 3.82. The lowest BCUT2D eigenvalue weighted by Crippen LogP contribution is -1.99. The normalized spacial score (nSPS) is 10.6. The number of aromatic nitrogens is 2. The van der Waals surface area contributed by atoms with Gasteiger partial charge in [0, 0.05) is 40.6 Å². The summed E-state index contributed by atoms with van der Waals surface area (Å²) >= 11 is 0. The van der Waals surface area contributed by atoms with E-state index >= 15 is 0 Å². The fourth-order valence-electron chi connectivity index (χ4n) is 1.90. The maximum absolute atomic E-state index is 12.3. The van der Waals surface area contributed by atoms with Gasteiger partial charge in [0.15, 0.2) is 5.78 Å².